The number of H-pyrrole nitrogens is 1. The van der Waals surface area contributed by atoms with Crippen molar-refractivity contribution in [1.82, 2.24) is 9.78 Å². The van der Waals surface area contributed by atoms with Gasteiger partial charge in [0.15, 0.2) is 21.3 Å². The molecule has 1 heterocycles. The summed E-state index contributed by atoms with van der Waals surface area (Å²) in [4.78, 5) is 12.3. The second-order valence-corrected chi connectivity index (χ2v) is 7.64. The molecule has 2 aromatic carbocycles. The predicted octanol–water partition coefficient (Wildman–Crippen LogP) is 3.00. The molecule has 9 heteroatoms. The Morgan fingerprint density at radius 1 is 1.04 bits per heavy atom. The normalized spacial score (nSPS) is 11.9. The Bertz CT molecular complexity index is 1150. The van der Waals surface area contributed by atoms with Crippen LogP contribution in [0.4, 0.5) is 11.4 Å². The van der Waals surface area contributed by atoms with Crippen molar-refractivity contribution in [3.63, 3.8) is 0 Å². The Kier molecular flexibility index (Phi) is 4.47. The van der Waals surface area contributed by atoms with E-state index in [4.69, 9.17) is 0 Å². The largest absolute Gasteiger partial charge is 0.504 e. The van der Waals surface area contributed by atoms with Crippen LogP contribution in [0.2, 0.25) is 0 Å². The van der Waals surface area contributed by atoms with Crippen molar-refractivity contribution in [2.75, 3.05) is 6.26 Å². The van der Waals surface area contributed by atoms with E-state index in [0.29, 0.717) is 11.4 Å². The van der Waals surface area contributed by atoms with E-state index < -0.39 is 21.1 Å². The van der Waals surface area contributed by atoms with Crippen LogP contribution in [0, 0.1) is 6.92 Å². The van der Waals surface area contributed by atoms with Crippen molar-refractivity contribution in [3.8, 4) is 11.4 Å². The van der Waals surface area contributed by atoms with E-state index in [1.54, 1.807) is 31.2 Å². The van der Waals surface area contributed by atoms with Crippen molar-refractivity contribution in [3.05, 3.63) is 64.6 Å². The molecule has 0 unspecified atom stereocenters. The monoisotopic (exact) mass is 372 g/mol. The summed E-state index contributed by atoms with van der Waals surface area (Å²) in [5.74, 6) is -0.504. The highest BCUT2D eigenvalue weighted by Crippen LogP contribution is 2.34. The summed E-state index contributed by atoms with van der Waals surface area (Å²) in [6.07, 6.45) is 0.984. The number of rotatable bonds is 4. The van der Waals surface area contributed by atoms with Gasteiger partial charge in [-0.25, -0.2) is 13.1 Å². The van der Waals surface area contributed by atoms with E-state index in [2.05, 4.69) is 15.3 Å². The first-order valence-corrected chi connectivity index (χ1v) is 9.49. The highest BCUT2D eigenvalue weighted by Gasteiger charge is 2.16. The summed E-state index contributed by atoms with van der Waals surface area (Å²) < 4.78 is 24.6. The highest BCUT2D eigenvalue weighted by atomic mass is 32.2. The lowest BCUT2D eigenvalue weighted by atomic mass is 10.3. The summed E-state index contributed by atoms with van der Waals surface area (Å²) in [7, 11) is -3.61. The molecule has 0 aliphatic carbocycles. The fourth-order valence-electron chi connectivity index (χ4n) is 2.41. The first kappa shape index (κ1) is 17.6. The topological polar surface area (TPSA) is 117 Å². The number of aryl methyl sites for hydroxylation is 1. The minimum atomic E-state index is -3.61. The summed E-state index contributed by atoms with van der Waals surface area (Å²) in [6, 6.07) is 13.1. The number of phenols is 1. The molecule has 1 aromatic heterocycles. The molecular formula is C17H16N4O4S. The van der Waals surface area contributed by atoms with Crippen LogP contribution in [-0.4, -0.2) is 29.6 Å². The van der Waals surface area contributed by atoms with Gasteiger partial charge in [-0.1, -0.05) is 24.3 Å². The van der Waals surface area contributed by atoms with Gasteiger partial charge in [-0.3, -0.25) is 9.89 Å². The minimum absolute atomic E-state index is 0.0424. The quantitative estimate of drug-likeness (QED) is 0.685. The van der Waals surface area contributed by atoms with Gasteiger partial charge in [-0.2, -0.15) is 0 Å². The van der Waals surface area contributed by atoms with E-state index in [1.807, 2.05) is 6.07 Å². The van der Waals surface area contributed by atoms with Crippen LogP contribution in [0.15, 0.2) is 68.4 Å². The average molecular weight is 372 g/mol. The number of aromatic nitrogens is 2. The zero-order chi connectivity index (χ0) is 18.9. The molecule has 0 atom stereocenters. The Morgan fingerprint density at radius 2 is 1.73 bits per heavy atom. The van der Waals surface area contributed by atoms with Gasteiger partial charge in [0.2, 0.25) is 0 Å². The molecule has 0 radical (unpaired) electrons. The third-order valence-electron chi connectivity index (χ3n) is 3.69. The summed E-state index contributed by atoms with van der Waals surface area (Å²) >= 11 is 0. The molecule has 0 aliphatic heterocycles. The van der Waals surface area contributed by atoms with Crippen molar-refractivity contribution in [1.29, 1.82) is 0 Å². The number of sulfone groups is 1. The number of nitrogens with zero attached hydrogens (tertiary/aromatic N) is 3. The zero-order valence-corrected chi connectivity index (χ0v) is 14.9. The maximum Gasteiger partial charge on any atom is 0.299 e. The third kappa shape index (κ3) is 3.29. The molecule has 0 saturated carbocycles. The molecule has 134 valence electrons. The van der Waals surface area contributed by atoms with Crippen LogP contribution in [0.3, 0.4) is 0 Å². The van der Waals surface area contributed by atoms with Gasteiger partial charge in [0.05, 0.1) is 11.4 Å². The Hall–Kier alpha value is -3.20. The fourth-order valence-corrected chi connectivity index (χ4v) is 3.19. The molecule has 0 aliphatic rings. The van der Waals surface area contributed by atoms with Gasteiger partial charge in [-0.15, -0.1) is 10.2 Å². The van der Waals surface area contributed by atoms with Crippen molar-refractivity contribution in [2.24, 2.45) is 10.2 Å². The van der Waals surface area contributed by atoms with Gasteiger partial charge >= 0.3 is 0 Å². The number of para-hydroxylation sites is 2. The van der Waals surface area contributed by atoms with E-state index in [9.17, 15) is 18.3 Å². The Labute approximate surface area is 149 Å². The standard InChI is InChI=1S/C17H16N4O4S/c1-11-15(17(23)21(20-11)12-7-4-3-5-8-12)19-18-13-9-6-10-14(16(13)22)26(2,24)25/h3-10,20,22H,1-2H3. The van der Waals surface area contributed by atoms with Crippen LogP contribution in [0.1, 0.15) is 5.69 Å². The number of hydrogen-bond acceptors (Lipinski definition) is 6. The van der Waals surface area contributed by atoms with E-state index >= 15 is 0 Å². The Balaban J connectivity index is 2.04. The lowest BCUT2D eigenvalue weighted by Crippen LogP contribution is -2.13. The molecule has 2 N–H and O–H groups in total. The van der Waals surface area contributed by atoms with Gasteiger partial charge < -0.3 is 5.11 Å². The maximum atomic E-state index is 12.5. The zero-order valence-electron chi connectivity index (χ0n) is 14.0. The number of aromatic hydroxyl groups is 1. The Morgan fingerprint density at radius 3 is 2.38 bits per heavy atom. The van der Waals surface area contributed by atoms with Gasteiger partial charge in [0.1, 0.15) is 10.6 Å². The van der Waals surface area contributed by atoms with Crippen LogP contribution in [-0.2, 0) is 9.84 Å². The van der Waals surface area contributed by atoms with Crippen molar-refractivity contribution in [2.45, 2.75) is 11.8 Å². The number of phenolic OH excluding ortho intramolecular Hbond substituents is 1. The smallest absolute Gasteiger partial charge is 0.299 e. The van der Waals surface area contributed by atoms with Crippen LogP contribution < -0.4 is 5.56 Å². The van der Waals surface area contributed by atoms with E-state index in [1.165, 1.54) is 22.9 Å². The average Bonchev–Trinajstić information content (AvgIpc) is 2.88. The lowest BCUT2D eigenvalue weighted by molar-refractivity contribution is 0.460. The number of azo groups is 1. The maximum absolute atomic E-state index is 12.5. The molecule has 3 aromatic rings. The summed E-state index contributed by atoms with van der Waals surface area (Å²) in [5, 5.41) is 20.8. The third-order valence-corrected chi connectivity index (χ3v) is 4.82. The number of aromatic amines is 1. The van der Waals surface area contributed by atoms with E-state index in [-0.39, 0.29) is 16.3 Å². The second kappa shape index (κ2) is 6.60. The van der Waals surface area contributed by atoms with Gasteiger partial charge in [0.25, 0.3) is 5.56 Å². The number of benzene rings is 2. The SMILES string of the molecule is Cc1[nH]n(-c2ccccc2)c(=O)c1N=Nc1cccc(S(C)(=O)=O)c1O. The van der Waals surface area contributed by atoms with Crippen molar-refractivity contribution < 1.29 is 13.5 Å². The van der Waals surface area contributed by atoms with E-state index in [0.717, 1.165) is 6.26 Å². The van der Waals surface area contributed by atoms with Gasteiger partial charge in [-0.05, 0) is 31.2 Å². The predicted molar refractivity (Wildman–Crippen MR) is 96.5 cm³/mol. The molecule has 0 bridgehead atoms. The van der Waals surface area contributed by atoms with Crippen molar-refractivity contribution >= 4 is 21.2 Å². The van der Waals surface area contributed by atoms with Crippen LogP contribution >= 0.6 is 0 Å². The molecule has 0 saturated heterocycles. The summed E-state index contributed by atoms with van der Waals surface area (Å²) in [5.41, 5.74) is 0.749. The first-order valence-electron chi connectivity index (χ1n) is 7.60. The molecular weight excluding hydrogens is 356 g/mol. The minimum Gasteiger partial charge on any atom is -0.504 e. The first-order chi connectivity index (χ1) is 12.3. The molecule has 0 amide bonds. The highest BCUT2D eigenvalue weighted by molar-refractivity contribution is 7.90. The van der Waals surface area contributed by atoms with Gasteiger partial charge in [0, 0.05) is 6.26 Å². The molecule has 0 fully saturated rings. The summed E-state index contributed by atoms with van der Waals surface area (Å²) in [6.45, 7) is 1.67. The fraction of sp³-hybridized carbons (Fsp3) is 0.118. The van der Waals surface area contributed by atoms with Crippen LogP contribution in [0.5, 0.6) is 5.75 Å². The number of hydrogen-bond donors (Lipinski definition) is 2. The molecule has 26 heavy (non-hydrogen) atoms. The lowest BCUT2D eigenvalue weighted by Gasteiger charge is -2.03. The molecule has 0 spiro atoms. The number of nitrogens with one attached hydrogen (secondary N) is 1. The van der Waals surface area contributed by atoms with Crippen LogP contribution in [0.25, 0.3) is 5.69 Å². The second-order valence-electron chi connectivity index (χ2n) is 5.66. The molecule has 3 rings (SSSR count). The molecule has 8 nitrogen and oxygen atoms in total.